The summed E-state index contributed by atoms with van der Waals surface area (Å²) in [6.07, 6.45) is 2.71. The van der Waals surface area contributed by atoms with Gasteiger partial charge < -0.3 is 9.64 Å². The number of hydrogen-bond acceptors (Lipinski definition) is 3. The number of likely N-dealkylation sites (tertiary alicyclic amines) is 1. The van der Waals surface area contributed by atoms with Gasteiger partial charge in [-0.05, 0) is 47.0 Å². The van der Waals surface area contributed by atoms with E-state index in [4.69, 9.17) is 4.74 Å². The lowest BCUT2D eigenvalue weighted by molar-refractivity contribution is -0.165. The van der Waals surface area contributed by atoms with Crippen LogP contribution in [0.3, 0.4) is 0 Å². The number of hydrogen-bond donors (Lipinski definition) is 0. The molecule has 0 aromatic heterocycles. The Labute approximate surface area is 109 Å². The Morgan fingerprint density at radius 2 is 2.06 bits per heavy atom. The molecule has 0 aromatic carbocycles. The third-order valence-corrected chi connectivity index (χ3v) is 3.77. The molecule has 2 rings (SSSR count). The average Bonchev–Trinajstić information content (AvgIpc) is 2.42. The van der Waals surface area contributed by atoms with E-state index in [1.807, 2.05) is 20.8 Å². The van der Waals surface area contributed by atoms with Crippen LogP contribution in [0.15, 0.2) is 0 Å². The third-order valence-electron chi connectivity index (χ3n) is 3.77. The summed E-state index contributed by atoms with van der Waals surface area (Å²) in [6.45, 7) is 8.64. The lowest BCUT2D eigenvalue weighted by Gasteiger charge is -2.45. The van der Waals surface area contributed by atoms with Crippen molar-refractivity contribution < 1.29 is 14.3 Å². The predicted molar refractivity (Wildman–Crippen MR) is 68.2 cm³/mol. The number of carbonyl (C=O) groups excluding carboxylic acids is 2. The highest BCUT2D eigenvalue weighted by Gasteiger charge is 2.56. The van der Waals surface area contributed by atoms with E-state index in [0.717, 1.165) is 25.8 Å². The fourth-order valence-corrected chi connectivity index (χ4v) is 3.09. The minimum absolute atomic E-state index is 0.0576. The topological polar surface area (TPSA) is 46.6 Å². The monoisotopic (exact) mass is 253 g/mol. The first kappa shape index (κ1) is 13.5. The molecular weight excluding hydrogens is 230 g/mol. The standard InChI is InChI=1S/C14H23NO3/c1-10(16)9-15-6-5-14(12(15)17)7-11(8-14)18-13(2,3)4/h11H,5-9H2,1-4H3. The van der Waals surface area contributed by atoms with Crippen molar-refractivity contribution in [2.24, 2.45) is 5.41 Å². The molecule has 0 atom stereocenters. The summed E-state index contributed by atoms with van der Waals surface area (Å²) in [4.78, 5) is 25.1. The van der Waals surface area contributed by atoms with Crippen molar-refractivity contribution in [2.75, 3.05) is 13.1 Å². The van der Waals surface area contributed by atoms with Crippen LogP contribution in [0.2, 0.25) is 0 Å². The number of carbonyl (C=O) groups is 2. The second-order valence-electron chi connectivity index (χ2n) is 6.72. The van der Waals surface area contributed by atoms with Gasteiger partial charge in [0, 0.05) is 6.54 Å². The Kier molecular flexibility index (Phi) is 3.26. The smallest absolute Gasteiger partial charge is 0.229 e. The fraction of sp³-hybridized carbons (Fsp3) is 0.857. The summed E-state index contributed by atoms with van der Waals surface area (Å²) in [5, 5.41) is 0. The van der Waals surface area contributed by atoms with Gasteiger partial charge in [-0.15, -0.1) is 0 Å². The van der Waals surface area contributed by atoms with Gasteiger partial charge in [-0.3, -0.25) is 9.59 Å². The highest BCUT2D eigenvalue weighted by atomic mass is 16.5. The maximum Gasteiger partial charge on any atom is 0.229 e. The van der Waals surface area contributed by atoms with Crippen LogP contribution in [-0.2, 0) is 14.3 Å². The summed E-state index contributed by atoms with van der Waals surface area (Å²) in [6, 6.07) is 0. The average molecular weight is 253 g/mol. The van der Waals surface area contributed by atoms with E-state index >= 15 is 0 Å². The maximum atomic E-state index is 12.3. The first-order chi connectivity index (χ1) is 8.22. The molecule has 1 amide bonds. The van der Waals surface area contributed by atoms with Gasteiger partial charge in [0.25, 0.3) is 0 Å². The van der Waals surface area contributed by atoms with Gasteiger partial charge in [0.15, 0.2) is 0 Å². The molecule has 4 heteroatoms. The Morgan fingerprint density at radius 3 is 2.56 bits per heavy atom. The molecule has 1 spiro atoms. The molecule has 18 heavy (non-hydrogen) atoms. The molecule has 102 valence electrons. The van der Waals surface area contributed by atoms with Crippen molar-refractivity contribution in [1.82, 2.24) is 4.90 Å². The molecule has 0 bridgehead atoms. The zero-order chi connectivity index (χ0) is 13.6. The first-order valence-electron chi connectivity index (χ1n) is 6.68. The maximum absolute atomic E-state index is 12.3. The van der Waals surface area contributed by atoms with Crippen LogP contribution in [0.1, 0.15) is 47.0 Å². The first-order valence-corrected chi connectivity index (χ1v) is 6.68. The molecule has 0 N–H and O–H groups in total. The minimum atomic E-state index is -0.217. The van der Waals surface area contributed by atoms with Crippen molar-refractivity contribution >= 4 is 11.7 Å². The molecule has 0 unspecified atom stereocenters. The Balaban J connectivity index is 1.90. The molecule has 2 aliphatic rings. The second kappa shape index (κ2) is 4.34. The number of amides is 1. The van der Waals surface area contributed by atoms with Crippen LogP contribution in [-0.4, -0.2) is 41.4 Å². The van der Waals surface area contributed by atoms with E-state index in [1.165, 1.54) is 6.92 Å². The van der Waals surface area contributed by atoms with Gasteiger partial charge in [0.05, 0.1) is 23.7 Å². The largest absolute Gasteiger partial charge is 0.373 e. The van der Waals surface area contributed by atoms with Crippen LogP contribution >= 0.6 is 0 Å². The van der Waals surface area contributed by atoms with Crippen LogP contribution < -0.4 is 0 Å². The quantitative estimate of drug-likeness (QED) is 0.770. The summed E-state index contributed by atoms with van der Waals surface area (Å²) in [5.41, 5.74) is -0.363. The fourth-order valence-electron chi connectivity index (χ4n) is 3.09. The van der Waals surface area contributed by atoms with Crippen molar-refractivity contribution in [3.8, 4) is 0 Å². The number of ketones is 1. The lowest BCUT2D eigenvalue weighted by Crippen LogP contribution is -2.50. The molecule has 1 aliphatic heterocycles. The van der Waals surface area contributed by atoms with E-state index in [9.17, 15) is 9.59 Å². The van der Waals surface area contributed by atoms with E-state index < -0.39 is 0 Å². The molecule has 0 aromatic rings. The number of rotatable bonds is 3. The van der Waals surface area contributed by atoms with E-state index in [2.05, 4.69) is 0 Å². The zero-order valence-corrected chi connectivity index (χ0v) is 11.8. The summed E-state index contributed by atoms with van der Waals surface area (Å²) in [7, 11) is 0. The molecular formula is C14H23NO3. The SMILES string of the molecule is CC(=O)CN1CCC2(CC(OC(C)(C)C)C2)C1=O. The highest BCUT2D eigenvalue weighted by Crippen LogP contribution is 2.51. The van der Waals surface area contributed by atoms with Crippen LogP contribution in [0.25, 0.3) is 0 Å². The van der Waals surface area contributed by atoms with Crippen molar-refractivity contribution in [1.29, 1.82) is 0 Å². The number of ether oxygens (including phenoxy) is 1. The zero-order valence-electron chi connectivity index (χ0n) is 11.8. The summed E-state index contributed by atoms with van der Waals surface area (Å²) >= 11 is 0. The van der Waals surface area contributed by atoms with E-state index in [1.54, 1.807) is 4.90 Å². The lowest BCUT2D eigenvalue weighted by atomic mass is 9.65. The van der Waals surface area contributed by atoms with Crippen LogP contribution in [0.4, 0.5) is 0 Å². The summed E-state index contributed by atoms with van der Waals surface area (Å²) in [5.74, 6) is 0.216. The van der Waals surface area contributed by atoms with Crippen molar-refractivity contribution in [2.45, 2.75) is 58.7 Å². The molecule has 1 aliphatic carbocycles. The minimum Gasteiger partial charge on any atom is -0.373 e. The van der Waals surface area contributed by atoms with Gasteiger partial charge in [0.1, 0.15) is 5.78 Å². The Hall–Kier alpha value is -0.900. The predicted octanol–water partition coefficient (Wildman–Crippen LogP) is 1.77. The van der Waals surface area contributed by atoms with Gasteiger partial charge in [-0.1, -0.05) is 0 Å². The molecule has 1 heterocycles. The molecule has 4 nitrogen and oxygen atoms in total. The molecule has 2 fully saturated rings. The van der Waals surface area contributed by atoms with Gasteiger partial charge in [-0.2, -0.15) is 0 Å². The van der Waals surface area contributed by atoms with E-state index in [-0.39, 0.29) is 35.4 Å². The van der Waals surface area contributed by atoms with Gasteiger partial charge in [-0.25, -0.2) is 0 Å². The summed E-state index contributed by atoms with van der Waals surface area (Å²) < 4.78 is 5.89. The number of nitrogens with zero attached hydrogens (tertiary/aromatic N) is 1. The van der Waals surface area contributed by atoms with Crippen LogP contribution in [0, 0.1) is 5.41 Å². The van der Waals surface area contributed by atoms with E-state index in [0.29, 0.717) is 0 Å². The van der Waals surface area contributed by atoms with Crippen LogP contribution in [0.5, 0.6) is 0 Å². The van der Waals surface area contributed by atoms with Gasteiger partial charge >= 0.3 is 0 Å². The molecule has 1 saturated carbocycles. The molecule has 0 radical (unpaired) electrons. The number of Topliss-reactive ketones (excluding diaryl/α,β-unsaturated/α-hetero) is 1. The Morgan fingerprint density at radius 1 is 1.44 bits per heavy atom. The molecule has 1 saturated heterocycles. The highest BCUT2D eigenvalue weighted by molar-refractivity contribution is 5.90. The van der Waals surface area contributed by atoms with Crippen molar-refractivity contribution in [3.63, 3.8) is 0 Å². The normalized spacial score (nSPS) is 31.9. The van der Waals surface area contributed by atoms with Crippen molar-refractivity contribution in [3.05, 3.63) is 0 Å². The third kappa shape index (κ3) is 2.58. The van der Waals surface area contributed by atoms with Gasteiger partial charge in [0.2, 0.25) is 5.91 Å². The Bertz CT molecular complexity index is 364. The second-order valence-corrected chi connectivity index (χ2v) is 6.72.